The number of nitrogens with one attached hydrogen (secondary N) is 2. The molecule has 0 bridgehead atoms. The Balaban J connectivity index is 1.85. The van der Waals surface area contributed by atoms with Gasteiger partial charge in [-0.1, -0.05) is 13.0 Å². The van der Waals surface area contributed by atoms with Crippen molar-refractivity contribution >= 4 is 16.8 Å². The van der Waals surface area contributed by atoms with E-state index in [1.165, 1.54) is 0 Å². The van der Waals surface area contributed by atoms with E-state index in [-0.39, 0.29) is 12.5 Å². The normalized spacial score (nSPS) is 12.5. The van der Waals surface area contributed by atoms with Crippen LogP contribution in [0, 0.1) is 5.92 Å². The lowest BCUT2D eigenvalue weighted by Gasteiger charge is -2.08. The van der Waals surface area contributed by atoms with Crippen LogP contribution in [0.15, 0.2) is 30.5 Å². The molecule has 19 heavy (non-hydrogen) atoms. The number of H-pyrrole nitrogens is 1. The fraction of sp³-hybridized carbons (Fsp3) is 0.400. The van der Waals surface area contributed by atoms with E-state index < -0.39 is 0 Å². The SMILES string of the molecule is CC(CO)CCCNC(=O)c1ccc2cc[nH]c2c1. The smallest absolute Gasteiger partial charge is 0.251 e. The number of hydrogen-bond acceptors (Lipinski definition) is 2. The molecule has 0 aliphatic heterocycles. The highest BCUT2D eigenvalue weighted by molar-refractivity contribution is 5.97. The minimum absolute atomic E-state index is 0.0480. The first-order valence-electron chi connectivity index (χ1n) is 6.67. The van der Waals surface area contributed by atoms with E-state index in [9.17, 15) is 4.79 Å². The van der Waals surface area contributed by atoms with Gasteiger partial charge in [0.15, 0.2) is 0 Å². The molecule has 1 unspecified atom stereocenters. The number of aromatic nitrogens is 1. The highest BCUT2D eigenvalue weighted by atomic mass is 16.3. The third-order valence-corrected chi connectivity index (χ3v) is 3.29. The van der Waals surface area contributed by atoms with Crippen LogP contribution in [0.2, 0.25) is 0 Å². The highest BCUT2D eigenvalue weighted by Gasteiger charge is 2.06. The number of rotatable bonds is 6. The fourth-order valence-electron chi connectivity index (χ4n) is 2.03. The molecule has 0 spiro atoms. The molecule has 1 amide bonds. The first-order valence-corrected chi connectivity index (χ1v) is 6.67. The van der Waals surface area contributed by atoms with Crippen molar-refractivity contribution in [3.05, 3.63) is 36.0 Å². The number of hydrogen-bond donors (Lipinski definition) is 3. The van der Waals surface area contributed by atoms with Crippen LogP contribution >= 0.6 is 0 Å². The molecule has 4 nitrogen and oxygen atoms in total. The van der Waals surface area contributed by atoms with E-state index in [1.54, 1.807) is 0 Å². The standard InChI is InChI=1S/C15H20N2O2/c1-11(10-18)3-2-7-17-15(19)13-5-4-12-6-8-16-14(12)9-13/h4-6,8-9,11,16,18H,2-3,7,10H2,1H3,(H,17,19). The van der Waals surface area contributed by atoms with Gasteiger partial charge in [0, 0.05) is 30.4 Å². The summed E-state index contributed by atoms with van der Waals surface area (Å²) in [5, 5.41) is 12.9. The summed E-state index contributed by atoms with van der Waals surface area (Å²) < 4.78 is 0. The van der Waals surface area contributed by atoms with E-state index in [0.717, 1.165) is 23.7 Å². The average molecular weight is 260 g/mol. The molecule has 4 heteroatoms. The molecule has 1 aromatic heterocycles. The minimum Gasteiger partial charge on any atom is -0.396 e. The number of aliphatic hydroxyl groups is 1. The summed E-state index contributed by atoms with van der Waals surface area (Å²) in [6, 6.07) is 7.62. The molecule has 3 N–H and O–H groups in total. The third-order valence-electron chi connectivity index (χ3n) is 3.29. The third kappa shape index (κ3) is 3.58. The predicted octanol–water partition coefficient (Wildman–Crippen LogP) is 2.31. The van der Waals surface area contributed by atoms with E-state index in [1.807, 2.05) is 37.4 Å². The van der Waals surface area contributed by atoms with Crippen molar-refractivity contribution in [3.63, 3.8) is 0 Å². The second kappa shape index (κ2) is 6.38. The van der Waals surface area contributed by atoms with Gasteiger partial charge in [0.05, 0.1) is 0 Å². The van der Waals surface area contributed by atoms with Crippen molar-refractivity contribution in [2.45, 2.75) is 19.8 Å². The fourth-order valence-corrected chi connectivity index (χ4v) is 2.03. The van der Waals surface area contributed by atoms with E-state index in [2.05, 4.69) is 10.3 Å². The summed E-state index contributed by atoms with van der Waals surface area (Å²) >= 11 is 0. The lowest BCUT2D eigenvalue weighted by atomic mass is 10.1. The summed E-state index contributed by atoms with van der Waals surface area (Å²) in [6.07, 6.45) is 3.67. The molecule has 0 aliphatic carbocycles. The van der Waals surface area contributed by atoms with Crippen molar-refractivity contribution in [2.75, 3.05) is 13.2 Å². The van der Waals surface area contributed by atoms with Crippen LogP contribution in [0.4, 0.5) is 0 Å². The van der Waals surface area contributed by atoms with Crippen LogP contribution in [-0.4, -0.2) is 29.1 Å². The Morgan fingerprint density at radius 2 is 2.26 bits per heavy atom. The molecule has 0 radical (unpaired) electrons. The van der Waals surface area contributed by atoms with Gasteiger partial charge in [-0.05, 0) is 42.3 Å². The van der Waals surface area contributed by atoms with E-state index in [4.69, 9.17) is 5.11 Å². The minimum atomic E-state index is -0.0480. The maximum Gasteiger partial charge on any atom is 0.251 e. The van der Waals surface area contributed by atoms with Gasteiger partial charge in [-0.2, -0.15) is 0 Å². The number of amides is 1. The molecular weight excluding hydrogens is 240 g/mol. The van der Waals surface area contributed by atoms with Crippen LogP contribution in [0.5, 0.6) is 0 Å². The van der Waals surface area contributed by atoms with Gasteiger partial charge in [-0.25, -0.2) is 0 Å². The van der Waals surface area contributed by atoms with Crippen LogP contribution in [0.25, 0.3) is 10.9 Å². The Morgan fingerprint density at radius 1 is 1.42 bits per heavy atom. The molecular formula is C15H20N2O2. The molecule has 1 aromatic carbocycles. The largest absolute Gasteiger partial charge is 0.396 e. The van der Waals surface area contributed by atoms with Gasteiger partial charge in [-0.3, -0.25) is 4.79 Å². The van der Waals surface area contributed by atoms with E-state index in [0.29, 0.717) is 18.0 Å². The lowest BCUT2D eigenvalue weighted by Crippen LogP contribution is -2.24. The number of fused-ring (bicyclic) bond motifs is 1. The summed E-state index contributed by atoms with van der Waals surface area (Å²) in [4.78, 5) is 15.0. The van der Waals surface area contributed by atoms with Crippen molar-refractivity contribution in [3.8, 4) is 0 Å². The maximum atomic E-state index is 12.0. The van der Waals surface area contributed by atoms with Crippen LogP contribution in [0.1, 0.15) is 30.1 Å². The second-order valence-electron chi connectivity index (χ2n) is 4.97. The molecule has 0 saturated carbocycles. The molecule has 102 valence electrons. The Bertz CT molecular complexity index is 548. The zero-order valence-corrected chi connectivity index (χ0v) is 11.1. The van der Waals surface area contributed by atoms with Gasteiger partial charge in [0.1, 0.15) is 0 Å². The van der Waals surface area contributed by atoms with Crippen molar-refractivity contribution in [1.82, 2.24) is 10.3 Å². The first kappa shape index (κ1) is 13.6. The highest BCUT2D eigenvalue weighted by Crippen LogP contribution is 2.14. The molecule has 0 fully saturated rings. The van der Waals surface area contributed by atoms with Crippen LogP contribution in [0.3, 0.4) is 0 Å². The van der Waals surface area contributed by atoms with Crippen molar-refractivity contribution < 1.29 is 9.90 Å². The molecule has 2 rings (SSSR count). The zero-order valence-electron chi connectivity index (χ0n) is 11.1. The summed E-state index contributed by atoms with van der Waals surface area (Å²) in [5.41, 5.74) is 1.65. The summed E-state index contributed by atoms with van der Waals surface area (Å²) in [6.45, 7) is 2.85. The van der Waals surface area contributed by atoms with Gasteiger partial charge >= 0.3 is 0 Å². The first-order chi connectivity index (χ1) is 9.20. The summed E-state index contributed by atoms with van der Waals surface area (Å²) in [7, 11) is 0. The topological polar surface area (TPSA) is 65.1 Å². The molecule has 1 atom stereocenters. The Kier molecular flexibility index (Phi) is 4.58. The van der Waals surface area contributed by atoms with Gasteiger partial charge in [0.25, 0.3) is 5.91 Å². The van der Waals surface area contributed by atoms with Crippen molar-refractivity contribution in [1.29, 1.82) is 0 Å². The van der Waals surface area contributed by atoms with Gasteiger partial charge < -0.3 is 15.4 Å². The predicted molar refractivity (Wildman–Crippen MR) is 76.1 cm³/mol. The Morgan fingerprint density at radius 3 is 3.05 bits per heavy atom. The average Bonchev–Trinajstić information content (AvgIpc) is 2.90. The molecule has 0 aliphatic rings. The van der Waals surface area contributed by atoms with Crippen LogP contribution < -0.4 is 5.32 Å². The Labute approximate surface area is 112 Å². The van der Waals surface area contributed by atoms with Gasteiger partial charge in [0.2, 0.25) is 0 Å². The Hall–Kier alpha value is -1.81. The number of aromatic amines is 1. The maximum absolute atomic E-state index is 12.0. The number of aliphatic hydroxyl groups excluding tert-OH is 1. The van der Waals surface area contributed by atoms with Crippen molar-refractivity contribution in [2.24, 2.45) is 5.92 Å². The molecule has 0 saturated heterocycles. The number of carbonyl (C=O) groups excluding carboxylic acids is 1. The molecule has 1 heterocycles. The van der Waals surface area contributed by atoms with Gasteiger partial charge in [-0.15, -0.1) is 0 Å². The van der Waals surface area contributed by atoms with E-state index >= 15 is 0 Å². The number of benzene rings is 1. The lowest BCUT2D eigenvalue weighted by molar-refractivity contribution is 0.0952. The quantitative estimate of drug-likeness (QED) is 0.698. The van der Waals surface area contributed by atoms with Crippen LogP contribution in [-0.2, 0) is 0 Å². The monoisotopic (exact) mass is 260 g/mol. The number of carbonyl (C=O) groups is 1. The second-order valence-corrected chi connectivity index (χ2v) is 4.97. The zero-order chi connectivity index (χ0) is 13.7. The summed E-state index contributed by atoms with van der Waals surface area (Å²) in [5.74, 6) is 0.250. The molecule has 2 aromatic rings.